The lowest BCUT2D eigenvalue weighted by Gasteiger charge is -2.34. The molecular weight excluding hydrogens is 380 g/mol. The molecule has 1 aliphatic rings. The summed E-state index contributed by atoms with van der Waals surface area (Å²) in [5.41, 5.74) is 7.16. The number of aryl methyl sites for hydroxylation is 1. The van der Waals surface area contributed by atoms with Crippen LogP contribution in [0.5, 0.6) is 0 Å². The highest BCUT2D eigenvalue weighted by molar-refractivity contribution is 6.07. The normalized spacial score (nSPS) is 15.1. The molecule has 4 rings (SSSR count). The van der Waals surface area contributed by atoms with Crippen molar-refractivity contribution < 1.29 is 14.4 Å². The Bertz CT molecular complexity index is 1090. The van der Waals surface area contributed by atoms with Crippen LogP contribution in [0, 0.1) is 0 Å². The minimum absolute atomic E-state index is 0.0503. The van der Waals surface area contributed by atoms with Crippen LogP contribution in [0.1, 0.15) is 41.2 Å². The maximum atomic E-state index is 13.1. The maximum absolute atomic E-state index is 13.1. The number of amides is 3. The van der Waals surface area contributed by atoms with E-state index in [2.05, 4.69) is 10.9 Å². The molecule has 7 heteroatoms. The van der Waals surface area contributed by atoms with Gasteiger partial charge in [-0.3, -0.25) is 25.2 Å². The molecular formula is C23H24N4O3. The molecule has 1 atom stereocenters. The molecule has 1 unspecified atom stereocenters. The van der Waals surface area contributed by atoms with Crippen molar-refractivity contribution in [1.29, 1.82) is 0 Å². The fraction of sp³-hybridized carbons (Fsp3) is 0.261. The molecule has 1 fully saturated rings. The first kappa shape index (κ1) is 19.7. The van der Waals surface area contributed by atoms with E-state index >= 15 is 0 Å². The largest absolute Gasteiger partial charge is 0.350 e. The SMILES string of the molecule is Cn1cc(C(=O)NNC(=O)C(c2ccccc2)N2CCCCC2=O)c2ccccc21. The van der Waals surface area contributed by atoms with Gasteiger partial charge in [0.1, 0.15) is 6.04 Å². The van der Waals surface area contributed by atoms with E-state index in [4.69, 9.17) is 0 Å². The molecule has 0 saturated carbocycles. The summed E-state index contributed by atoms with van der Waals surface area (Å²) >= 11 is 0. The predicted molar refractivity (Wildman–Crippen MR) is 113 cm³/mol. The molecule has 30 heavy (non-hydrogen) atoms. The van der Waals surface area contributed by atoms with Gasteiger partial charge in [-0.2, -0.15) is 0 Å². The zero-order valence-electron chi connectivity index (χ0n) is 16.8. The molecule has 2 N–H and O–H groups in total. The lowest BCUT2D eigenvalue weighted by Crippen LogP contribution is -2.50. The van der Waals surface area contributed by atoms with Gasteiger partial charge in [0.25, 0.3) is 11.8 Å². The van der Waals surface area contributed by atoms with Crippen molar-refractivity contribution in [3.8, 4) is 0 Å². The van der Waals surface area contributed by atoms with Crippen LogP contribution in [0.4, 0.5) is 0 Å². The van der Waals surface area contributed by atoms with Crippen LogP contribution in [0.3, 0.4) is 0 Å². The summed E-state index contributed by atoms with van der Waals surface area (Å²) in [5.74, 6) is -0.896. The number of aromatic nitrogens is 1. The van der Waals surface area contributed by atoms with E-state index < -0.39 is 17.9 Å². The first-order valence-electron chi connectivity index (χ1n) is 10.0. The van der Waals surface area contributed by atoms with Gasteiger partial charge in [0.05, 0.1) is 5.56 Å². The highest BCUT2D eigenvalue weighted by atomic mass is 16.2. The number of fused-ring (bicyclic) bond motifs is 1. The maximum Gasteiger partial charge on any atom is 0.271 e. The van der Waals surface area contributed by atoms with Crippen molar-refractivity contribution in [2.45, 2.75) is 25.3 Å². The van der Waals surface area contributed by atoms with Crippen molar-refractivity contribution in [2.24, 2.45) is 7.05 Å². The van der Waals surface area contributed by atoms with Crippen molar-refractivity contribution >= 4 is 28.6 Å². The van der Waals surface area contributed by atoms with E-state index in [-0.39, 0.29) is 5.91 Å². The predicted octanol–water partition coefficient (Wildman–Crippen LogP) is 2.69. The van der Waals surface area contributed by atoms with Crippen molar-refractivity contribution in [1.82, 2.24) is 20.3 Å². The molecule has 1 aliphatic heterocycles. The van der Waals surface area contributed by atoms with Gasteiger partial charge in [0, 0.05) is 37.1 Å². The van der Waals surface area contributed by atoms with Gasteiger partial charge in [-0.25, -0.2) is 0 Å². The van der Waals surface area contributed by atoms with Crippen LogP contribution in [0.25, 0.3) is 10.9 Å². The molecule has 1 aromatic heterocycles. The highest BCUT2D eigenvalue weighted by Gasteiger charge is 2.33. The number of hydrogen-bond donors (Lipinski definition) is 2. The van der Waals surface area contributed by atoms with E-state index in [9.17, 15) is 14.4 Å². The zero-order chi connectivity index (χ0) is 21.1. The van der Waals surface area contributed by atoms with Crippen LogP contribution in [0.2, 0.25) is 0 Å². The number of para-hydroxylation sites is 1. The quantitative estimate of drug-likeness (QED) is 0.656. The second-order valence-corrected chi connectivity index (χ2v) is 7.47. The zero-order valence-corrected chi connectivity index (χ0v) is 16.8. The van der Waals surface area contributed by atoms with Crippen LogP contribution in [-0.2, 0) is 16.6 Å². The van der Waals surface area contributed by atoms with Gasteiger partial charge in [-0.05, 0) is 24.5 Å². The number of benzene rings is 2. The van der Waals surface area contributed by atoms with Crippen molar-refractivity contribution in [3.63, 3.8) is 0 Å². The second kappa shape index (κ2) is 8.41. The van der Waals surface area contributed by atoms with Gasteiger partial charge < -0.3 is 9.47 Å². The molecule has 0 radical (unpaired) electrons. The molecule has 2 heterocycles. The molecule has 0 bridgehead atoms. The Kier molecular flexibility index (Phi) is 5.52. The van der Waals surface area contributed by atoms with Crippen molar-refractivity contribution in [3.05, 3.63) is 71.9 Å². The van der Waals surface area contributed by atoms with Gasteiger partial charge >= 0.3 is 0 Å². The van der Waals surface area contributed by atoms with E-state index in [0.29, 0.717) is 24.1 Å². The number of likely N-dealkylation sites (tertiary alicyclic amines) is 1. The number of piperidine rings is 1. The smallest absolute Gasteiger partial charge is 0.271 e. The van der Waals surface area contributed by atoms with Crippen molar-refractivity contribution in [2.75, 3.05) is 6.54 Å². The molecule has 2 aromatic carbocycles. The van der Waals surface area contributed by atoms with Crippen LogP contribution >= 0.6 is 0 Å². The number of hydrogen-bond acceptors (Lipinski definition) is 3. The average Bonchev–Trinajstić information content (AvgIpc) is 3.11. The number of rotatable bonds is 4. The third-order valence-corrected chi connectivity index (χ3v) is 5.48. The molecule has 0 aliphatic carbocycles. The Morgan fingerprint density at radius 3 is 2.47 bits per heavy atom. The molecule has 0 spiro atoms. The van der Waals surface area contributed by atoms with Gasteiger partial charge in [0.15, 0.2) is 0 Å². The summed E-state index contributed by atoms with van der Waals surface area (Å²) in [5, 5.41) is 0.803. The summed E-state index contributed by atoms with van der Waals surface area (Å²) in [7, 11) is 1.87. The number of carbonyl (C=O) groups is 3. The monoisotopic (exact) mass is 404 g/mol. The summed E-state index contributed by atoms with van der Waals surface area (Å²) in [6.45, 7) is 0.517. The summed E-state index contributed by atoms with van der Waals surface area (Å²) in [4.78, 5) is 39.9. The molecule has 1 saturated heterocycles. The van der Waals surface area contributed by atoms with Crippen LogP contribution in [-0.4, -0.2) is 33.7 Å². The number of nitrogens with one attached hydrogen (secondary N) is 2. The Morgan fingerprint density at radius 2 is 1.70 bits per heavy atom. The number of nitrogens with zero attached hydrogens (tertiary/aromatic N) is 2. The highest BCUT2D eigenvalue weighted by Crippen LogP contribution is 2.26. The minimum atomic E-state index is -0.785. The summed E-state index contributed by atoms with van der Waals surface area (Å²) in [6.07, 6.45) is 3.84. The Morgan fingerprint density at radius 1 is 0.967 bits per heavy atom. The summed E-state index contributed by atoms with van der Waals surface area (Å²) in [6, 6.07) is 15.9. The minimum Gasteiger partial charge on any atom is -0.350 e. The standard InChI is InChI=1S/C23H24N4O3/c1-26-15-18(17-11-5-6-12-19(17)26)22(29)24-25-23(30)21(16-9-3-2-4-10-16)27-14-8-7-13-20(27)28/h2-6,9-12,15,21H,7-8,13-14H2,1H3,(H,24,29)(H,25,30). The lowest BCUT2D eigenvalue weighted by molar-refractivity contribution is -0.143. The third-order valence-electron chi connectivity index (χ3n) is 5.48. The van der Waals surface area contributed by atoms with Crippen LogP contribution < -0.4 is 10.9 Å². The topological polar surface area (TPSA) is 83.4 Å². The first-order chi connectivity index (χ1) is 14.6. The van der Waals surface area contributed by atoms with Gasteiger partial charge in [0.2, 0.25) is 5.91 Å². The lowest BCUT2D eigenvalue weighted by atomic mass is 10.0. The third kappa shape index (κ3) is 3.78. The molecule has 7 nitrogen and oxygen atoms in total. The first-order valence-corrected chi connectivity index (χ1v) is 10.0. The Balaban J connectivity index is 1.54. The van der Waals surface area contributed by atoms with E-state index in [1.807, 2.05) is 66.2 Å². The van der Waals surface area contributed by atoms with E-state index in [1.54, 1.807) is 11.1 Å². The summed E-state index contributed by atoms with van der Waals surface area (Å²) < 4.78 is 1.87. The fourth-order valence-corrected chi connectivity index (χ4v) is 3.98. The number of carbonyl (C=O) groups excluding carboxylic acids is 3. The van der Waals surface area contributed by atoms with Gasteiger partial charge in [-0.1, -0.05) is 48.5 Å². The van der Waals surface area contributed by atoms with Gasteiger partial charge in [-0.15, -0.1) is 0 Å². The van der Waals surface area contributed by atoms with Crippen LogP contribution in [0.15, 0.2) is 60.8 Å². The molecule has 3 amide bonds. The fourth-order valence-electron chi connectivity index (χ4n) is 3.98. The Labute approximate surface area is 174 Å². The second-order valence-electron chi connectivity index (χ2n) is 7.47. The average molecular weight is 404 g/mol. The molecule has 154 valence electrons. The number of hydrazine groups is 1. The Hall–Kier alpha value is -3.61. The van der Waals surface area contributed by atoms with E-state index in [1.165, 1.54) is 0 Å². The van der Waals surface area contributed by atoms with E-state index in [0.717, 1.165) is 23.7 Å². The molecule has 3 aromatic rings.